The van der Waals surface area contributed by atoms with E-state index in [-0.39, 0.29) is 0 Å². The van der Waals surface area contributed by atoms with Crippen molar-refractivity contribution in [2.45, 2.75) is 39.5 Å². The zero-order valence-corrected chi connectivity index (χ0v) is 7.47. The summed E-state index contributed by atoms with van der Waals surface area (Å²) in [5.41, 5.74) is 0. The lowest BCUT2D eigenvalue weighted by Crippen LogP contribution is -1.84. The van der Waals surface area contributed by atoms with E-state index in [1.54, 1.807) is 6.21 Å². The quantitative estimate of drug-likeness (QED) is 0.250. The molecular weight excluding hydrogens is 138 g/mol. The number of allylic oxidation sites excluding steroid dienone is 1. The predicted molar refractivity (Wildman–Crippen MR) is 48.5 cm³/mol. The molecular formula is C9H17NO. The van der Waals surface area contributed by atoms with Crippen LogP contribution in [0.4, 0.5) is 0 Å². The van der Waals surface area contributed by atoms with Gasteiger partial charge < -0.3 is 4.84 Å². The molecule has 0 aliphatic heterocycles. The van der Waals surface area contributed by atoms with Crippen LogP contribution in [-0.2, 0) is 4.84 Å². The maximum atomic E-state index is 4.91. The predicted octanol–water partition coefficient (Wildman–Crippen LogP) is 3.10. The molecule has 0 fully saturated rings. The molecule has 0 unspecified atom stereocenters. The Hall–Kier alpha value is -0.790. The Morgan fingerprint density at radius 3 is 2.82 bits per heavy atom. The van der Waals surface area contributed by atoms with E-state index in [2.05, 4.69) is 18.7 Å². The zero-order valence-electron chi connectivity index (χ0n) is 7.47. The Kier molecular flexibility index (Phi) is 6.79. The third-order valence-electron chi connectivity index (χ3n) is 1.35. The van der Waals surface area contributed by atoms with Gasteiger partial charge in [0.15, 0.2) is 0 Å². The Balaban J connectivity index is 3.23. The Labute approximate surface area is 68.9 Å². The van der Waals surface area contributed by atoms with Gasteiger partial charge in [0.25, 0.3) is 0 Å². The van der Waals surface area contributed by atoms with Gasteiger partial charge in [-0.25, -0.2) is 0 Å². The van der Waals surface area contributed by atoms with Crippen LogP contribution >= 0.6 is 0 Å². The third-order valence-corrected chi connectivity index (χ3v) is 1.35. The first kappa shape index (κ1) is 10.2. The summed E-state index contributed by atoms with van der Waals surface area (Å²) in [6, 6.07) is 0. The van der Waals surface area contributed by atoms with E-state index < -0.39 is 0 Å². The fourth-order valence-corrected chi connectivity index (χ4v) is 0.745. The minimum atomic E-state index is 0.761. The molecule has 0 aliphatic carbocycles. The molecule has 64 valence electrons. The van der Waals surface area contributed by atoms with E-state index in [9.17, 15) is 0 Å². The van der Waals surface area contributed by atoms with Gasteiger partial charge in [-0.3, -0.25) is 0 Å². The van der Waals surface area contributed by atoms with Crippen LogP contribution < -0.4 is 0 Å². The van der Waals surface area contributed by atoms with Crippen LogP contribution in [0.3, 0.4) is 0 Å². The van der Waals surface area contributed by atoms with E-state index in [4.69, 9.17) is 4.84 Å². The normalized spacial score (nSPS) is 10.4. The molecule has 2 heteroatoms. The molecule has 0 rings (SSSR count). The molecule has 0 N–H and O–H groups in total. The summed E-state index contributed by atoms with van der Waals surface area (Å²) in [5.74, 6) is 0.761. The maximum absolute atomic E-state index is 4.91. The van der Waals surface area contributed by atoms with Crippen molar-refractivity contribution in [2.24, 2.45) is 5.16 Å². The Morgan fingerprint density at radius 2 is 2.27 bits per heavy atom. The number of nitrogens with zero attached hydrogens (tertiary/aromatic N) is 1. The highest BCUT2D eigenvalue weighted by Crippen LogP contribution is 2.07. The topological polar surface area (TPSA) is 21.6 Å². The van der Waals surface area contributed by atoms with Crippen LogP contribution in [0.2, 0.25) is 0 Å². The van der Waals surface area contributed by atoms with Crippen LogP contribution in [0.1, 0.15) is 39.5 Å². The number of rotatable bonds is 6. The maximum Gasteiger partial charge on any atom is 0.127 e. The molecule has 0 saturated heterocycles. The molecule has 0 radical (unpaired) electrons. The van der Waals surface area contributed by atoms with Gasteiger partial charge in [-0.05, 0) is 13.3 Å². The summed E-state index contributed by atoms with van der Waals surface area (Å²) >= 11 is 0. The van der Waals surface area contributed by atoms with Gasteiger partial charge in [0, 0.05) is 12.6 Å². The van der Waals surface area contributed by atoms with Crippen molar-refractivity contribution in [1.29, 1.82) is 0 Å². The molecule has 0 amide bonds. The molecule has 0 spiro atoms. The largest absolute Gasteiger partial charge is 0.362 e. The van der Waals surface area contributed by atoms with Gasteiger partial charge in [0.05, 0.1) is 0 Å². The summed E-state index contributed by atoms with van der Waals surface area (Å²) in [5, 5.41) is 3.63. The standard InChI is InChI=1S/C9H17NO/c1-4-6-7-8-9(3)11-10-5-2/h5H,3-4,6-8H2,1-2H3/b10-5+. The summed E-state index contributed by atoms with van der Waals surface area (Å²) in [4.78, 5) is 4.91. The van der Waals surface area contributed by atoms with Gasteiger partial charge in [-0.2, -0.15) is 0 Å². The number of unbranched alkanes of at least 4 members (excludes halogenated alkanes) is 2. The number of hydrogen-bond donors (Lipinski definition) is 0. The average molecular weight is 155 g/mol. The number of oxime groups is 1. The highest BCUT2D eigenvalue weighted by Gasteiger charge is 1.92. The lowest BCUT2D eigenvalue weighted by molar-refractivity contribution is 0.217. The second-order valence-electron chi connectivity index (χ2n) is 2.45. The van der Waals surface area contributed by atoms with Crippen molar-refractivity contribution in [3.8, 4) is 0 Å². The summed E-state index contributed by atoms with van der Waals surface area (Å²) in [6.07, 6.45) is 6.15. The highest BCUT2D eigenvalue weighted by atomic mass is 16.6. The van der Waals surface area contributed by atoms with Gasteiger partial charge >= 0.3 is 0 Å². The minimum Gasteiger partial charge on any atom is -0.362 e. The molecule has 0 aromatic carbocycles. The Morgan fingerprint density at radius 1 is 1.55 bits per heavy atom. The van der Waals surface area contributed by atoms with Gasteiger partial charge in [0.1, 0.15) is 5.76 Å². The SMILES string of the molecule is C=C(CCCCC)O/N=C/C. The first-order chi connectivity index (χ1) is 5.31. The molecule has 0 saturated carbocycles. The molecule has 0 aliphatic rings. The monoisotopic (exact) mass is 155 g/mol. The molecule has 0 heterocycles. The lowest BCUT2D eigenvalue weighted by Gasteiger charge is -2.00. The summed E-state index contributed by atoms with van der Waals surface area (Å²) in [7, 11) is 0. The fraction of sp³-hybridized carbons (Fsp3) is 0.667. The van der Waals surface area contributed by atoms with Crippen molar-refractivity contribution in [1.82, 2.24) is 0 Å². The van der Waals surface area contributed by atoms with Crippen molar-refractivity contribution in [2.75, 3.05) is 0 Å². The molecule has 2 nitrogen and oxygen atoms in total. The van der Waals surface area contributed by atoms with Crippen molar-refractivity contribution in [3.05, 3.63) is 12.3 Å². The molecule has 11 heavy (non-hydrogen) atoms. The smallest absolute Gasteiger partial charge is 0.127 e. The lowest BCUT2D eigenvalue weighted by atomic mass is 10.2. The summed E-state index contributed by atoms with van der Waals surface area (Å²) < 4.78 is 0. The van der Waals surface area contributed by atoms with E-state index in [1.807, 2.05) is 6.92 Å². The average Bonchev–Trinajstić information content (AvgIpc) is 2.01. The van der Waals surface area contributed by atoms with E-state index in [0.29, 0.717) is 0 Å². The fourth-order valence-electron chi connectivity index (χ4n) is 0.745. The van der Waals surface area contributed by atoms with E-state index in [0.717, 1.165) is 18.6 Å². The van der Waals surface area contributed by atoms with Crippen LogP contribution in [0, 0.1) is 0 Å². The van der Waals surface area contributed by atoms with Crippen LogP contribution in [0.5, 0.6) is 0 Å². The molecule has 0 aromatic heterocycles. The van der Waals surface area contributed by atoms with E-state index >= 15 is 0 Å². The van der Waals surface area contributed by atoms with Gasteiger partial charge in [-0.15, -0.1) is 0 Å². The van der Waals surface area contributed by atoms with Crippen LogP contribution in [0.15, 0.2) is 17.5 Å². The van der Waals surface area contributed by atoms with Crippen molar-refractivity contribution in [3.63, 3.8) is 0 Å². The Bertz CT molecular complexity index is 130. The molecule has 0 atom stereocenters. The first-order valence-corrected chi connectivity index (χ1v) is 4.14. The van der Waals surface area contributed by atoms with Gasteiger partial charge in [-0.1, -0.05) is 31.5 Å². The number of hydrogen-bond acceptors (Lipinski definition) is 2. The van der Waals surface area contributed by atoms with Gasteiger partial charge in [0.2, 0.25) is 0 Å². The van der Waals surface area contributed by atoms with Crippen LogP contribution in [-0.4, -0.2) is 6.21 Å². The van der Waals surface area contributed by atoms with Crippen molar-refractivity contribution < 1.29 is 4.84 Å². The molecule has 0 aromatic rings. The van der Waals surface area contributed by atoms with E-state index in [1.165, 1.54) is 12.8 Å². The minimum absolute atomic E-state index is 0.761. The zero-order chi connectivity index (χ0) is 8.53. The third kappa shape index (κ3) is 7.10. The highest BCUT2D eigenvalue weighted by molar-refractivity contribution is 5.52. The summed E-state index contributed by atoms with van der Waals surface area (Å²) in [6.45, 7) is 7.72. The first-order valence-electron chi connectivity index (χ1n) is 4.14. The second kappa shape index (κ2) is 7.32. The van der Waals surface area contributed by atoms with Crippen LogP contribution in [0.25, 0.3) is 0 Å². The van der Waals surface area contributed by atoms with Crippen molar-refractivity contribution >= 4 is 6.21 Å². The second-order valence-corrected chi connectivity index (χ2v) is 2.45. The molecule has 0 bridgehead atoms.